The number of aromatic carboxylic acids is 1. The molecule has 0 heterocycles. The Kier molecular flexibility index (Phi) is 6.11. The molecule has 0 aromatic heterocycles. The van der Waals surface area contributed by atoms with Crippen LogP contribution in [0.1, 0.15) is 31.8 Å². The lowest BCUT2D eigenvalue weighted by Crippen LogP contribution is -2.41. The predicted molar refractivity (Wildman–Crippen MR) is 92.1 cm³/mol. The topological polar surface area (TPSA) is 113 Å². The molecule has 2 rings (SSSR count). The van der Waals surface area contributed by atoms with E-state index >= 15 is 0 Å². The number of hydrogen-bond donors (Lipinski definition) is 4. The number of amides is 1. The third-order valence-electron chi connectivity index (χ3n) is 3.64. The zero-order chi connectivity index (χ0) is 17.5. The lowest BCUT2D eigenvalue weighted by Gasteiger charge is -2.16. The van der Waals surface area contributed by atoms with Crippen LogP contribution in [0.2, 0.25) is 0 Å². The monoisotopic (exact) mass is 326 g/mol. The Morgan fingerprint density at radius 1 is 1.08 bits per heavy atom. The summed E-state index contributed by atoms with van der Waals surface area (Å²) in [5, 5.41) is 21.3. The number of carbonyl (C=O) groups excluding carboxylic acids is 1. The van der Waals surface area contributed by atoms with Gasteiger partial charge in [0.2, 0.25) is 0 Å². The van der Waals surface area contributed by atoms with Crippen molar-refractivity contribution in [1.82, 2.24) is 5.32 Å². The minimum atomic E-state index is -1.01. The summed E-state index contributed by atoms with van der Waals surface area (Å²) >= 11 is 0. The molecule has 0 bridgehead atoms. The standard InChI is InChI=1S/C17H19BN2O4/c19-10-12-4-2-5-13(8-12)16(21)20-15(18-24)9-11-3-1-6-14(7-11)17(22)23/h1-8,15,18,24H,9-10,19H2,(H,20,21)(H,22,23). The average Bonchev–Trinajstić information content (AvgIpc) is 2.61. The van der Waals surface area contributed by atoms with Crippen LogP contribution in [0, 0.1) is 0 Å². The van der Waals surface area contributed by atoms with Crippen molar-refractivity contribution in [3.8, 4) is 0 Å². The van der Waals surface area contributed by atoms with Crippen molar-refractivity contribution in [1.29, 1.82) is 0 Å². The molecule has 0 aliphatic rings. The Morgan fingerprint density at radius 2 is 1.71 bits per heavy atom. The number of nitrogens with two attached hydrogens (primary N) is 1. The molecule has 0 saturated heterocycles. The molecule has 6 nitrogen and oxygen atoms in total. The van der Waals surface area contributed by atoms with Crippen LogP contribution < -0.4 is 11.1 Å². The van der Waals surface area contributed by atoms with Crippen LogP contribution >= 0.6 is 0 Å². The number of hydrogen-bond acceptors (Lipinski definition) is 4. The molecular weight excluding hydrogens is 307 g/mol. The van der Waals surface area contributed by atoms with Gasteiger partial charge in [0.15, 0.2) is 0 Å². The fourth-order valence-electron chi connectivity index (χ4n) is 2.39. The molecule has 1 amide bonds. The summed E-state index contributed by atoms with van der Waals surface area (Å²) < 4.78 is 0. The molecule has 1 atom stereocenters. The third kappa shape index (κ3) is 4.68. The predicted octanol–water partition coefficient (Wildman–Crippen LogP) is 0.486. The maximum absolute atomic E-state index is 12.3. The van der Waals surface area contributed by atoms with Gasteiger partial charge < -0.3 is 21.2 Å². The smallest absolute Gasteiger partial charge is 0.335 e. The van der Waals surface area contributed by atoms with Crippen LogP contribution in [-0.4, -0.2) is 35.4 Å². The van der Waals surface area contributed by atoms with Crippen molar-refractivity contribution < 1.29 is 19.7 Å². The van der Waals surface area contributed by atoms with Crippen molar-refractivity contribution >= 4 is 19.4 Å². The maximum atomic E-state index is 12.3. The molecule has 0 saturated carbocycles. The summed E-state index contributed by atoms with van der Waals surface area (Å²) in [6.45, 7) is 0.340. The minimum absolute atomic E-state index is 0.172. The Morgan fingerprint density at radius 3 is 2.33 bits per heavy atom. The molecule has 0 radical (unpaired) electrons. The van der Waals surface area contributed by atoms with Gasteiger partial charge in [-0.15, -0.1) is 0 Å². The van der Waals surface area contributed by atoms with Crippen molar-refractivity contribution in [2.75, 3.05) is 0 Å². The minimum Gasteiger partial charge on any atom is -0.478 e. The normalized spacial score (nSPS) is 11.6. The van der Waals surface area contributed by atoms with Crippen LogP contribution in [0.5, 0.6) is 0 Å². The summed E-state index contributed by atoms with van der Waals surface area (Å²) in [6, 6.07) is 13.4. The maximum Gasteiger partial charge on any atom is 0.335 e. The van der Waals surface area contributed by atoms with Crippen LogP contribution in [0.3, 0.4) is 0 Å². The van der Waals surface area contributed by atoms with E-state index in [1.807, 2.05) is 6.07 Å². The Balaban J connectivity index is 2.07. The second-order valence-electron chi connectivity index (χ2n) is 5.47. The van der Waals surface area contributed by atoms with Gasteiger partial charge in [-0.1, -0.05) is 24.3 Å². The first-order chi connectivity index (χ1) is 11.5. The summed E-state index contributed by atoms with van der Waals surface area (Å²) in [7, 11) is -0.250. The molecule has 24 heavy (non-hydrogen) atoms. The van der Waals surface area contributed by atoms with E-state index in [9.17, 15) is 14.6 Å². The highest BCUT2D eigenvalue weighted by Crippen LogP contribution is 2.09. The van der Waals surface area contributed by atoms with Gasteiger partial charge in [0, 0.05) is 18.0 Å². The van der Waals surface area contributed by atoms with E-state index in [0.29, 0.717) is 18.5 Å². The quantitative estimate of drug-likeness (QED) is 0.553. The summed E-state index contributed by atoms with van der Waals surface area (Å²) in [6.07, 6.45) is 0.333. The first-order valence-electron chi connectivity index (χ1n) is 7.56. The van der Waals surface area contributed by atoms with Crippen molar-refractivity contribution in [2.45, 2.75) is 18.9 Å². The number of rotatable bonds is 7. The van der Waals surface area contributed by atoms with Crippen LogP contribution in [0.15, 0.2) is 48.5 Å². The molecule has 1 unspecified atom stereocenters. The first kappa shape index (κ1) is 17.7. The van der Waals surface area contributed by atoms with Crippen LogP contribution in [0.4, 0.5) is 0 Å². The van der Waals surface area contributed by atoms with E-state index in [2.05, 4.69) is 5.32 Å². The fraction of sp³-hybridized carbons (Fsp3) is 0.176. The average molecular weight is 326 g/mol. The first-order valence-corrected chi connectivity index (χ1v) is 7.56. The molecule has 0 fully saturated rings. The lowest BCUT2D eigenvalue weighted by molar-refractivity contribution is 0.0696. The SMILES string of the molecule is NCc1cccc(C(=O)NC(BO)Cc2cccc(C(=O)O)c2)c1. The summed E-state index contributed by atoms with van der Waals surface area (Å²) in [4.78, 5) is 23.3. The molecule has 0 aliphatic carbocycles. The van der Waals surface area contributed by atoms with E-state index in [1.165, 1.54) is 12.1 Å². The molecule has 0 aliphatic heterocycles. The van der Waals surface area contributed by atoms with E-state index in [0.717, 1.165) is 11.1 Å². The van der Waals surface area contributed by atoms with Gasteiger partial charge >= 0.3 is 5.97 Å². The van der Waals surface area contributed by atoms with Gasteiger partial charge in [-0.25, -0.2) is 4.79 Å². The highest BCUT2D eigenvalue weighted by atomic mass is 16.4. The second kappa shape index (κ2) is 8.28. The number of carbonyl (C=O) groups is 2. The van der Waals surface area contributed by atoms with Gasteiger partial charge in [-0.05, 0) is 41.8 Å². The van der Waals surface area contributed by atoms with Gasteiger partial charge in [0.25, 0.3) is 13.4 Å². The molecule has 7 heteroatoms. The highest BCUT2D eigenvalue weighted by Gasteiger charge is 2.16. The van der Waals surface area contributed by atoms with Gasteiger partial charge in [0.1, 0.15) is 0 Å². The van der Waals surface area contributed by atoms with E-state index < -0.39 is 11.9 Å². The zero-order valence-electron chi connectivity index (χ0n) is 13.1. The van der Waals surface area contributed by atoms with E-state index in [4.69, 9.17) is 10.8 Å². The number of carboxylic acid groups (broad SMARTS) is 1. The number of benzene rings is 2. The van der Waals surface area contributed by atoms with Crippen molar-refractivity contribution in [3.05, 3.63) is 70.8 Å². The van der Waals surface area contributed by atoms with Gasteiger partial charge in [-0.3, -0.25) is 4.79 Å². The van der Waals surface area contributed by atoms with Gasteiger partial charge in [0.05, 0.1) is 5.56 Å². The summed E-state index contributed by atoms with van der Waals surface area (Å²) in [5.41, 5.74) is 7.78. The summed E-state index contributed by atoms with van der Waals surface area (Å²) in [5.74, 6) is -1.83. The van der Waals surface area contributed by atoms with Crippen LogP contribution in [-0.2, 0) is 13.0 Å². The van der Waals surface area contributed by atoms with E-state index in [1.54, 1.807) is 30.3 Å². The molecule has 2 aromatic rings. The van der Waals surface area contributed by atoms with Crippen LogP contribution in [0.25, 0.3) is 0 Å². The molecular formula is C17H19BN2O4. The van der Waals surface area contributed by atoms with Crippen molar-refractivity contribution in [2.24, 2.45) is 5.73 Å². The molecule has 2 aromatic carbocycles. The Bertz CT molecular complexity index is 736. The Hall–Kier alpha value is -2.64. The fourth-order valence-corrected chi connectivity index (χ4v) is 2.39. The largest absolute Gasteiger partial charge is 0.478 e. The highest BCUT2D eigenvalue weighted by molar-refractivity contribution is 6.28. The van der Waals surface area contributed by atoms with E-state index in [-0.39, 0.29) is 19.0 Å². The molecule has 124 valence electrons. The third-order valence-corrected chi connectivity index (χ3v) is 3.64. The lowest BCUT2D eigenvalue weighted by atomic mass is 9.83. The Labute approximate surface area is 140 Å². The molecule has 0 spiro atoms. The second-order valence-corrected chi connectivity index (χ2v) is 5.47. The zero-order valence-corrected chi connectivity index (χ0v) is 13.1. The van der Waals surface area contributed by atoms with Crippen molar-refractivity contribution in [3.63, 3.8) is 0 Å². The molecule has 5 N–H and O–H groups in total. The van der Waals surface area contributed by atoms with Gasteiger partial charge in [-0.2, -0.15) is 0 Å². The number of carboxylic acids is 1. The number of nitrogens with one attached hydrogen (secondary N) is 1.